The number of amides is 2. The number of likely N-dealkylation sites (N-methyl/N-ethyl adjacent to an activating group) is 1. The van der Waals surface area contributed by atoms with Crippen LogP contribution in [0.25, 0.3) is 33.3 Å². The zero-order valence-electron chi connectivity index (χ0n) is 25.2. The molecule has 2 amide bonds. The molecule has 0 saturated carbocycles. The number of H-pyrrole nitrogens is 1. The third-order valence-electron chi connectivity index (χ3n) is 7.36. The fourth-order valence-electron chi connectivity index (χ4n) is 4.91. The van der Waals surface area contributed by atoms with Gasteiger partial charge in [0, 0.05) is 58.5 Å². The molecular weight excluding hydrogens is 534 g/mol. The second-order valence-corrected chi connectivity index (χ2v) is 11.3. The Balaban J connectivity index is 1.33. The molecule has 0 aliphatic carbocycles. The van der Waals surface area contributed by atoms with Gasteiger partial charge in [-0.15, -0.1) is 0 Å². The first kappa shape index (κ1) is 29.5. The zero-order chi connectivity index (χ0) is 30.5. The van der Waals surface area contributed by atoms with Gasteiger partial charge in [-0.05, 0) is 85.6 Å². The summed E-state index contributed by atoms with van der Waals surface area (Å²) in [6.45, 7) is 7.03. The van der Waals surface area contributed by atoms with Crippen molar-refractivity contribution in [3.8, 4) is 22.3 Å². The maximum Gasteiger partial charge on any atom is 0.255 e. The smallest absolute Gasteiger partial charge is 0.255 e. The van der Waals surface area contributed by atoms with Crippen LogP contribution in [-0.2, 0) is 4.79 Å². The summed E-state index contributed by atoms with van der Waals surface area (Å²) in [7, 11) is 3.91. The number of anilines is 2. The van der Waals surface area contributed by atoms with Crippen LogP contribution in [0.2, 0.25) is 0 Å². The van der Waals surface area contributed by atoms with Crippen molar-refractivity contribution < 1.29 is 9.59 Å². The summed E-state index contributed by atoms with van der Waals surface area (Å²) < 4.78 is 0. The molecule has 5 aromatic rings. The van der Waals surface area contributed by atoms with Gasteiger partial charge in [0.15, 0.2) is 0 Å². The summed E-state index contributed by atoms with van der Waals surface area (Å²) in [4.78, 5) is 35.2. The largest absolute Gasteiger partial charge is 0.346 e. The molecule has 3 N–H and O–H groups in total. The molecule has 7 nitrogen and oxygen atoms in total. The molecule has 0 bridgehead atoms. The van der Waals surface area contributed by atoms with E-state index in [1.165, 1.54) is 5.56 Å². The number of hydrogen-bond donors (Lipinski definition) is 3. The number of fused-ring (bicyclic) bond motifs is 1. The maximum atomic E-state index is 13.0. The molecule has 0 radical (unpaired) electrons. The molecule has 0 fully saturated rings. The van der Waals surface area contributed by atoms with E-state index in [1.807, 2.05) is 99.0 Å². The molecule has 0 saturated heterocycles. The van der Waals surface area contributed by atoms with E-state index >= 15 is 0 Å². The lowest BCUT2D eigenvalue weighted by molar-refractivity contribution is -0.111. The summed E-state index contributed by atoms with van der Waals surface area (Å²) >= 11 is 0. The lowest BCUT2D eigenvalue weighted by Crippen LogP contribution is -2.12. The molecule has 3 aromatic carbocycles. The minimum atomic E-state index is -0.170. The minimum absolute atomic E-state index is 0.144. The highest BCUT2D eigenvalue weighted by molar-refractivity contribution is 6.05. The first-order chi connectivity index (χ1) is 20.7. The van der Waals surface area contributed by atoms with Crippen LogP contribution in [0, 0.1) is 6.92 Å². The molecule has 5 rings (SSSR count). The van der Waals surface area contributed by atoms with Gasteiger partial charge in [-0.1, -0.05) is 56.3 Å². The second-order valence-electron chi connectivity index (χ2n) is 11.3. The standard InChI is InChI=1S/C36H37N5O2/c1-23(2)27-15-16-33(24(3)18-27)40-36(43)26-13-11-25(12-14-26)32-22-38-35-31(32)20-29(21-37-35)28-8-6-9-30(19-28)39-34(42)10-7-17-41(4)5/h6-16,18-23H,17H2,1-5H3,(H,37,38)(H,39,42)(H,40,43). The van der Waals surface area contributed by atoms with Crippen molar-refractivity contribution in [2.75, 3.05) is 31.3 Å². The highest BCUT2D eigenvalue weighted by Gasteiger charge is 2.13. The van der Waals surface area contributed by atoms with Crippen LogP contribution < -0.4 is 10.6 Å². The molecule has 0 aliphatic heterocycles. The van der Waals surface area contributed by atoms with Gasteiger partial charge in [0.2, 0.25) is 5.91 Å². The van der Waals surface area contributed by atoms with Gasteiger partial charge in [0.05, 0.1) is 0 Å². The van der Waals surface area contributed by atoms with Crippen LogP contribution in [0.3, 0.4) is 0 Å². The quantitative estimate of drug-likeness (QED) is 0.159. The molecule has 0 spiro atoms. The average Bonchev–Trinajstić information content (AvgIpc) is 3.41. The Labute approximate surface area is 252 Å². The topological polar surface area (TPSA) is 90.1 Å². The number of aryl methyl sites for hydroxylation is 1. The van der Waals surface area contributed by atoms with Gasteiger partial charge < -0.3 is 20.5 Å². The number of benzene rings is 3. The molecule has 7 heteroatoms. The van der Waals surface area contributed by atoms with Crippen molar-refractivity contribution in [3.05, 3.63) is 114 Å². The summed E-state index contributed by atoms with van der Waals surface area (Å²) in [5, 5.41) is 6.95. The van der Waals surface area contributed by atoms with E-state index < -0.39 is 0 Å². The summed E-state index contributed by atoms with van der Waals surface area (Å²) in [5.41, 5.74) is 9.03. The lowest BCUT2D eigenvalue weighted by Gasteiger charge is -2.12. The van der Waals surface area contributed by atoms with Gasteiger partial charge in [-0.3, -0.25) is 9.59 Å². The Morgan fingerprint density at radius 2 is 1.72 bits per heavy atom. The number of rotatable bonds is 9. The normalized spacial score (nSPS) is 11.5. The molecule has 218 valence electrons. The Morgan fingerprint density at radius 3 is 2.44 bits per heavy atom. The first-order valence-electron chi connectivity index (χ1n) is 14.4. The van der Waals surface area contributed by atoms with Crippen molar-refractivity contribution in [1.29, 1.82) is 0 Å². The minimum Gasteiger partial charge on any atom is -0.346 e. The highest BCUT2D eigenvalue weighted by Crippen LogP contribution is 2.32. The van der Waals surface area contributed by atoms with E-state index in [0.717, 1.165) is 44.5 Å². The predicted molar refractivity (Wildman–Crippen MR) is 177 cm³/mol. The van der Waals surface area contributed by atoms with E-state index in [0.29, 0.717) is 23.7 Å². The van der Waals surface area contributed by atoms with Crippen LogP contribution in [-0.4, -0.2) is 47.3 Å². The van der Waals surface area contributed by atoms with Crippen molar-refractivity contribution in [2.24, 2.45) is 0 Å². The molecule has 0 atom stereocenters. The third-order valence-corrected chi connectivity index (χ3v) is 7.36. The van der Waals surface area contributed by atoms with Crippen LogP contribution in [0.4, 0.5) is 11.4 Å². The van der Waals surface area contributed by atoms with Crippen LogP contribution in [0.15, 0.2) is 97.3 Å². The van der Waals surface area contributed by atoms with Gasteiger partial charge in [-0.2, -0.15) is 0 Å². The predicted octanol–water partition coefficient (Wildman–Crippen LogP) is 7.64. The van der Waals surface area contributed by atoms with Crippen LogP contribution in [0.5, 0.6) is 0 Å². The number of aromatic amines is 1. The number of carbonyl (C=O) groups is 2. The summed E-state index contributed by atoms with van der Waals surface area (Å²) in [6.07, 6.45) is 7.14. The number of hydrogen-bond acceptors (Lipinski definition) is 4. The second kappa shape index (κ2) is 12.9. The number of aromatic nitrogens is 2. The lowest BCUT2D eigenvalue weighted by atomic mass is 10.00. The van der Waals surface area contributed by atoms with Crippen molar-refractivity contribution >= 4 is 34.2 Å². The molecule has 2 aromatic heterocycles. The summed E-state index contributed by atoms with van der Waals surface area (Å²) in [5.74, 6) is 0.122. The summed E-state index contributed by atoms with van der Waals surface area (Å²) in [6, 6.07) is 23.6. The monoisotopic (exact) mass is 571 g/mol. The highest BCUT2D eigenvalue weighted by atomic mass is 16.2. The maximum absolute atomic E-state index is 13.0. The SMILES string of the molecule is Cc1cc(C(C)C)ccc1NC(=O)c1ccc(-c2c[nH]c3ncc(-c4cccc(NC(=O)C=CCN(C)C)c4)cc23)cc1. The third kappa shape index (κ3) is 7.08. The molecule has 0 aliphatic rings. The van der Waals surface area contributed by atoms with Crippen molar-refractivity contribution in [2.45, 2.75) is 26.7 Å². The number of carbonyl (C=O) groups excluding carboxylic acids is 2. The van der Waals surface area contributed by atoms with Gasteiger partial charge >= 0.3 is 0 Å². The fourth-order valence-corrected chi connectivity index (χ4v) is 4.91. The molecule has 43 heavy (non-hydrogen) atoms. The molecular formula is C36H37N5O2. The Kier molecular flexibility index (Phi) is 8.83. The van der Waals surface area contributed by atoms with Gasteiger partial charge in [-0.25, -0.2) is 4.98 Å². The Morgan fingerprint density at radius 1 is 0.930 bits per heavy atom. The van der Waals surface area contributed by atoms with E-state index in [4.69, 9.17) is 0 Å². The van der Waals surface area contributed by atoms with Crippen molar-refractivity contribution in [1.82, 2.24) is 14.9 Å². The van der Waals surface area contributed by atoms with E-state index in [9.17, 15) is 9.59 Å². The van der Waals surface area contributed by atoms with Crippen LogP contribution in [0.1, 0.15) is 41.3 Å². The van der Waals surface area contributed by atoms with Gasteiger partial charge in [0.1, 0.15) is 5.65 Å². The fraction of sp³-hybridized carbons (Fsp3) is 0.194. The van der Waals surface area contributed by atoms with E-state index in [1.54, 1.807) is 6.08 Å². The van der Waals surface area contributed by atoms with Crippen LogP contribution >= 0.6 is 0 Å². The van der Waals surface area contributed by atoms with E-state index in [2.05, 4.69) is 52.6 Å². The Hall–Kier alpha value is -5.01. The number of nitrogens with one attached hydrogen (secondary N) is 3. The number of nitrogens with zero attached hydrogens (tertiary/aromatic N) is 2. The zero-order valence-corrected chi connectivity index (χ0v) is 25.2. The Bertz CT molecular complexity index is 1800. The van der Waals surface area contributed by atoms with E-state index in [-0.39, 0.29) is 11.8 Å². The molecule has 0 unspecified atom stereocenters. The van der Waals surface area contributed by atoms with Crippen molar-refractivity contribution in [3.63, 3.8) is 0 Å². The number of pyridine rings is 1. The average molecular weight is 572 g/mol. The van der Waals surface area contributed by atoms with Gasteiger partial charge in [0.25, 0.3) is 5.91 Å². The molecule has 2 heterocycles. The first-order valence-corrected chi connectivity index (χ1v) is 14.4.